The molecule has 3 aromatic heterocycles. The number of nitrogens with one attached hydrogen (secondary N) is 1. The van der Waals surface area contributed by atoms with Crippen molar-refractivity contribution in [2.45, 2.75) is 13.0 Å². The highest BCUT2D eigenvalue weighted by Gasteiger charge is 2.13. The number of rotatable bonds is 4. The number of hydrogen-bond acceptors (Lipinski definition) is 4. The minimum absolute atomic E-state index is 0.0481. The summed E-state index contributed by atoms with van der Waals surface area (Å²) in [6.45, 7) is 0.553. The molecule has 0 aliphatic carbocycles. The molecule has 0 fully saturated rings. The molecule has 3 rings (SSSR count). The molecule has 0 atom stereocenters. The monoisotopic (exact) mass is 275 g/mol. The predicted molar refractivity (Wildman–Crippen MR) is 71.8 cm³/mol. The maximum Gasteiger partial charge on any atom is 0.228 e. The Morgan fingerprint density at radius 2 is 2.47 bits per heavy atom. The van der Waals surface area contributed by atoms with Gasteiger partial charge in [-0.25, -0.2) is 4.98 Å². The number of fused-ring (bicyclic) bond motifs is 1. The second kappa shape index (κ2) is 4.85. The Labute approximate surface area is 113 Å². The lowest BCUT2D eigenvalue weighted by molar-refractivity contribution is -0.129. The van der Waals surface area contributed by atoms with E-state index in [1.165, 1.54) is 0 Å². The highest BCUT2D eigenvalue weighted by atomic mass is 32.1. The van der Waals surface area contributed by atoms with Crippen LogP contribution in [-0.4, -0.2) is 37.4 Å². The van der Waals surface area contributed by atoms with Crippen molar-refractivity contribution in [3.05, 3.63) is 41.4 Å². The molecule has 6 nitrogen and oxygen atoms in total. The third-order valence-electron chi connectivity index (χ3n) is 2.88. The Bertz CT molecular complexity index is 655. The number of imidazole rings is 1. The fraction of sp³-hybridized carbons (Fsp3) is 0.250. The second-order valence-corrected chi connectivity index (χ2v) is 5.23. The van der Waals surface area contributed by atoms with E-state index < -0.39 is 0 Å². The Kier molecular flexibility index (Phi) is 3.04. The fourth-order valence-corrected chi connectivity index (χ4v) is 2.60. The number of amides is 1. The zero-order valence-electron chi connectivity index (χ0n) is 10.4. The highest BCUT2D eigenvalue weighted by Crippen LogP contribution is 2.12. The Balaban J connectivity index is 1.65. The molecule has 1 amide bonds. The summed E-state index contributed by atoms with van der Waals surface area (Å²) in [6.07, 6.45) is 7.67. The SMILES string of the molecule is CN(Cc1cn[nH]c1)C(=O)Cc1cn2ccsc2n1. The summed E-state index contributed by atoms with van der Waals surface area (Å²) in [5.41, 5.74) is 1.79. The van der Waals surface area contributed by atoms with Crippen LogP contribution in [0.2, 0.25) is 0 Å². The summed E-state index contributed by atoms with van der Waals surface area (Å²) in [6, 6.07) is 0. The summed E-state index contributed by atoms with van der Waals surface area (Å²) in [5, 5.41) is 8.57. The van der Waals surface area contributed by atoms with E-state index in [1.807, 2.05) is 22.2 Å². The van der Waals surface area contributed by atoms with E-state index in [9.17, 15) is 4.79 Å². The number of hydrogen-bond donors (Lipinski definition) is 1. The minimum atomic E-state index is 0.0481. The van der Waals surface area contributed by atoms with Crippen LogP contribution in [-0.2, 0) is 17.8 Å². The van der Waals surface area contributed by atoms with Crippen molar-refractivity contribution in [3.8, 4) is 0 Å². The third-order valence-corrected chi connectivity index (χ3v) is 3.65. The Hall–Kier alpha value is -2.15. The summed E-state index contributed by atoms with van der Waals surface area (Å²) in [4.78, 5) is 19.1. The van der Waals surface area contributed by atoms with Gasteiger partial charge in [-0.3, -0.25) is 14.3 Å². The highest BCUT2D eigenvalue weighted by molar-refractivity contribution is 7.15. The molecule has 0 aromatic carbocycles. The molecular formula is C12H13N5OS. The van der Waals surface area contributed by atoms with Crippen LogP contribution in [0.1, 0.15) is 11.3 Å². The van der Waals surface area contributed by atoms with Crippen molar-refractivity contribution in [2.24, 2.45) is 0 Å². The molecule has 7 heteroatoms. The molecule has 0 bridgehead atoms. The average Bonchev–Trinajstić information content (AvgIpc) is 3.04. The number of aromatic nitrogens is 4. The normalized spacial score (nSPS) is 11.0. The van der Waals surface area contributed by atoms with Gasteiger partial charge in [-0.05, 0) is 0 Å². The van der Waals surface area contributed by atoms with Gasteiger partial charge in [0, 0.05) is 43.1 Å². The van der Waals surface area contributed by atoms with E-state index in [-0.39, 0.29) is 5.91 Å². The van der Waals surface area contributed by atoms with Crippen LogP contribution in [0.25, 0.3) is 4.96 Å². The van der Waals surface area contributed by atoms with E-state index in [2.05, 4.69) is 15.2 Å². The molecule has 0 aliphatic rings. The Morgan fingerprint density at radius 3 is 3.21 bits per heavy atom. The molecule has 19 heavy (non-hydrogen) atoms. The van der Waals surface area contributed by atoms with Crippen molar-refractivity contribution in [2.75, 3.05) is 7.05 Å². The van der Waals surface area contributed by atoms with Gasteiger partial charge < -0.3 is 4.90 Å². The first-order valence-corrected chi connectivity index (χ1v) is 6.73. The van der Waals surface area contributed by atoms with Gasteiger partial charge in [-0.15, -0.1) is 11.3 Å². The van der Waals surface area contributed by atoms with Crippen LogP contribution in [0.3, 0.4) is 0 Å². The number of likely N-dealkylation sites (N-methyl/N-ethyl adjacent to an activating group) is 1. The quantitative estimate of drug-likeness (QED) is 0.781. The number of carbonyl (C=O) groups excluding carboxylic acids is 1. The van der Waals surface area contributed by atoms with Crippen molar-refractivity contribution in [3.63, 3.8) is 0 Å². The molecule has 3 aromatic rings. The molecule has 3 heterocycles. The molecule has 1 N–H and O–H groups in total. The van der Waals surface area contributed by atoms with Gasteiger partial charge in [0.15, 0.2) is 4.96 Å². The standard InChI is InChI=1S/C12H13N5OS/c1-16(7-9-5-13-14-6-9)11(18)4-10-8-17-2-3-19-12(17)15-10/h2-3,5-6,8H,4,7H2,1H3,(H,13,14). The summed E-state index contributed by atoms with van der Waals surface area (Å²) < 4.78 is 1.93. The summed E-state index contributed by atoms with van der Waals surface area (Å²) >= 11 is 1.56. The smallest absolute Gasteiger partial charge is 0.228 e. The molecule has 0 radical (unpaired) electrons. The number of thiazole rings is 1. The maximum absolute atomic E-state index is 12.1. The van der Waals surface area contributed by atoms with Crippen LogP contribution >= 0.6 is 11.3 Å². The van der Waals surface area contributed by atoms with Gasteiger partial charge in [-0.1, -0.05) is 0 Å². The number of nitrogens with zero attached hydrogens (tertiary/aromatic N) is 4. The van der Waals surface area contributed by atoms with Crippen LogP contribution < -0.4 is 0 Å². The Morgan fingerprint density at radius 1 is 1.58 bits per heavy atom. The lowest BCUT2D eigenvalue weighted by atomic mass is 10.2. The van der Waals surface area contributed by atoms with Gasteiger partial charge in [0.2, 0.25) is 5.91 Å². The second-order valence-electron chi connectivity index (χ2n) is 4.36. The molecule has 0 saturated carbocycles. The minimum Gasteiger partial charge on any atom is -0.341 e. The number of carbonyl (C=O) groups is 1. The molecule has 0 aliphatic heterocycles. The summed E-state index contributed by atoms with van der Waals surface area (Å²) in [7, 11) is 1.79. The third kappa shape index (κ3) is 2.50. The van der Waals surface area contributed by atoms with E-state index in [4.69, 9.17) is 0 Å². The fourth-order valence-electron chi connectivity index (χ4n) is 1.88. The molecule has 98 valence electrons. The largest absolute Gasteiger partial charge is 0.341 e. The van der Waals surface area contributed by atoms with Gasteiger partial charge in [0.1, 0.15) is 0 Å². The van der Waals surface area contributed by atoms with E-state index in [1.54, 1.807) is 35.7 Å². The van der Waals surface area contributed by atoms with Gasteiger partial charge >= 0.3 is 0 Å². The summed E-state index contributed by atoms with van der Waals surface area (Å²) in [5.74, 6) is 0.0481. The van der Waals surface area contributed by atoms with Crippen molar-refractivity contribution < 1.29 is 4.79 Å². The van der Waals surface area contributed by atoms with E-state index in [0.717, 1.165) is 16.2 Å². The average molecular weight is 275 g/mol. The van der Waals surface area contributed by atoms with Crippen LogP contribution in [0.5, 0.6) is 0 Å². The molecule has 0 spiro atoms. The molecular weight excluding hydrogens is 262 g/mol. The first-order chi connectivity index (χ1) is 9.22. The first-order valence-electron chi connectivity index (χ1n) is 5.85. The number of aromatic amines is 1. The van der Waals surface area contributed by atoms with Gasteiger partial charge in [0.05, 0.1) is 18.3 Å². The van der Waals surface area contributed by atoms with E-state index in [0.29, 0.717) is 13.0 Å². The lowest BCUT2D eigenvalue weighted by Crippen LogP contribution is -2.27. The molecule has 0 saturated heterocycles. The zero-order chi connectivity index (χ0) is 13.2. The lowest BCUT2D eigenvalue weighted by Gasteiger charge is -2.15. The first kappa shape index (κ1) is 11.9. The number of H-pyrrole nitrogens is 1. The maximum atomic E-state index is 12.1. The topological polar surface area (TPSA) is 66.3 Å². The van der Waals surface area contributed by atoms with Crippen LogP contribution in [0.15, 0.2) is 30.2 Å². The van der Waals surface area contributed by atoms with Crippen LogP contribution in [0.4, 0.5) is 0 Å². The predicted octanol–water partition coefficient (Wildman–Crippen LogP) is 1.32. The van der Waals surface area contributed by atoms with Crippen molar-refractivity contribution in [1.82, 2.24) is 24.5 Å². The van der Waals surface area contributed by atoms with Gasteiger partial charge in [-0.2, -0.15) is 5.10 Å². The van der Waals surface area contributed by atoms with Gasteiger partial charge in [0.25, 0.3) is 0 Å². The van der Waals surface area contributed by atoms with Crippen molar-refractivity contribution >= 4 is 22.2 Å². The zero-order valence-corrected chi connectivity index (χ0v) is 11.2. The van der Waals surface area contributed by atoms with E-state index >= 15 is 0 Å². The van der Waals surface area contributed by atoms with Crippen LogP contribution in [0, 0.1) is 0 Å². The molecule has 0 unspecified atom stereocenters. The van der Waals surface area contributed by atoms with Crippen molar-refractivity contribution in [1.29, 1.82) is 0 Å².